The summed E-state index contributed by atoms with van der Waals surface area (Å²) in [7, 11) is 0. The van der Waals surface area contributed by atoms with E-state index in [1.165, 1.54) is 12.4 Å². The van der Waals surface area contributed by atoms with Crippen LogP contribution < -0.4 is 5.73 Å². The topological polar surface area (TPSA) is 71.2 Å². The van der Waals surface area contributed by atoms with Crippen molar-refractivity contribution in [3.05, 3.63) is 40.0 Å². The van der Waals surface area contributed by atoms with E-state index in [0.29, 0.717) is 29.7 Å². The first kappa shape index (κ1) is 21.5. The van der Waals surface area contributed by atoms with Gasteiger partial charge >= 0.3 is 6.09 Å². The van der Waals surface area contributed by atoms with E-state index in [2.05, 4.69) is 9.89 Å². The molecule has 0 unspecified atom stereocenters. The molecule has 0 aromatic heterocycles. The lowest BCUT2D eigenvalue weighted by molar-refractivity contribution is 0.0139. The molecule has 2 N–H and O–H groups in total. The molecule has 8 heteroatoms. The molecule has 6 nitrogen and oxygen atoms in total. The van der Waals surface area contributed by atoms with Crippen LogP contribution in [0.1, 0.15) is 26.3 Å². The maximum absolute atomic E-state index is 12.2. The summed E-state index contributed by atoms with van der Waals surface area (Å²) < 4.78 is 5.43. The van der Waals surface area contributed by atoms with E-state index in [0.717, 1.165) is 24.3 Å². The van der Waals surface area contributed by atoms with Gasteiger partial charge < -0.3 is 15.4 Å². The van der Waals surface area contributed by atoms with Crippen LogP contribution in [0.4, 0.5) is 10.5 Å². The highest BCUT2D eigenvalue weighted by Crippen LogP contribution is 2.26. The fourth-order valence-electron chi connectivity index (χ4n) is 2.62. The third-order valence-corrected chi connectivity index (χ3v) is 4.41. The molecular weight excluding hydrogens is 387 g/mol. The van der Waals surface area contributed by atoms with Crippen LogP contribution in [-0.2, 0) is 11.3 Å². The molecule has 0 bridgehead atoms. The van der Waals surface area contributed by atoms with Gasteiger partial charge in [-0.1, -0.05) is 29.3 Å². The van der Waals surface area contributed by atoms with Crippen molar-refractivity contribution < 1.29 is 9.53 Å². The zero-order chi connectivity index (χ0) is 20.0. The van der Waals surface area contributed by atoms with E-state index in [-0.39, 0.29) is 6.09 Å². The minimum absolute atomic E-state index is 0.262. The predicted molar refractivity (Wildman–Crippen MR) is 111 cm³/mol. The fraction of sp³-hybridized carbons (Fsp3) is 0.474. The van der Waals surface area contributed by atoms with Gasteiger partial charge in [0.1, 0.15) is 5.60 Å². The normalized spacial score (nSPS) is 16.8. The Balaban J connectivity index is 1.99. The number of benzene rings is 1. The average Bonchev–Trinajstić information content (AvgIpc) is 2.60. The molecule has 1 fully saturated rings. The standard InChI is InChI=1S/C19H26Cl2N4O2/c1-19(2,3)27-18(26)25-8-6-24(7-9-25)13-14-4-5-15(20)10-17(14)23-12-16(21)11-22/h4-5,10-12H,6-9,13,22H2,1-3H3. The van der Waals surface area contributed by atoms with Crippen molar-refractivity contribution in [2.24, 2.45) is 10.7 Å². The first-order chi connectivity index (χ1) is 12.7. The number of piperazine rings is 1. The molecule has 0 radical (unpaired) electrons. The number of halogens is 2. The van der Waals surface area contributed by atoms with Gasteiger partial charge in [0.15, 0.2) is 0 Å². The Kier molecular flexibility index (Phi) is 7.53. The molecule has 2 rings (SSSR count). The van der Waals surface area contributed by atoms with Crippen molar-refractivity contribution >= 4 is 41.2 Å². The highest BCUT2D eigenvalue weighted by molar-refractivity contribution is 6.39. The van der Waals surface area contributed by atoms with E-state index in [9.17, 15) is 4.79 Å². The summed E-state index contributed by atoms with van der Waals surface area (Å²) in [5.74, 6) is 0. The lowest BCUT2D eigenvalue weighted by Crippen LogP contribution is -2.49. The molecule has 1 saturated heterocycles. The van der Waals surface area contributed by atoms with Gasteiger partial charge in [0, 0.05) is 50.2 Å². The molecule has 1 heterocycles. The second-order valence-electron chi connectivity index (χ2n) is 7.33. The molecule has 1 aliphatic heterocycles. The van der Waals surface area contributed by atoms with Crippen LogP contribution >= 0.6 is 23.2 Å². The molecule has 1 aromatic rings. The smallest absolute Gasteiger partial charge is 0.410 e. The van der Waals surface area contributed by atoms with Gasteiger partial charge in [-0.2, -0.15) is 0 Å². The van der Waals surface area contributed by atoms with Gasteiger partial charge in [-0.15, -0.1) is 0 Å². The zero-order valence-corrected chi connectivity index (χ0v) is 17.4. The van der Waals surface area contributed by atoms with Gasteiger partial charge in [0.25, 0.3) is 0 Å². The first-order valence-corrected chi connectivity index (χ1v) is 9.54. The van der Waals surface area contributed by atoms with Gasteiger partial charge in [0.2, 0.25) is 0 Å². The molecule has 0 saturated carbocycles. The zero-order valence-electron chi connectivity index (χ0n) is 15.9. The van der Waals surface area contributed by atoms with E-state index in [4.69, 9.17) is 33.7 Å². The van der Waals surface area contributed by atoms with Crippen LogP contribution in [0.25, 0.3) is 0 Å². The highest BCUT2D eigenvalue weighted by atomic mass is 35.5. The summed E-state index contributed by atoms with van der Waals surface area (Å²) in [5, 5.41) is 0.959. The number of aliphatic imine (C=N–C) groups is 1. The predicted octanol–water partition coefficient (Wildman–Crippen LogP) is 4.13. The third kappa shape index (κ3) is 7.05. The number of carbonyl (C=O) groups excluding carboxylic acids is 1. The van der Waals surface area contributed by atoms with E-state index >= 15 is 0 Å². The lowest BCUT2D eigenvalue weighted by Gasteiger charge is -2.35. The number of amides is 1. The molecule has 0 aliphatic carbocycles. The van der Waals surface area contributed by atoms with Gasteiger partial charge in [-0.25, -0.2) is 4.79 Å². The lowest BCUT2D eigenvalue weighted by atomic mass is 10.1. The second kappa shape index (κ2) is 9.44. The number of rotatable bonds is 4. The first-order valence-electron chi connectivity index (χ1n) is 8.78. The van der Waals surface area contributed by atoms with Crippen LogP contribution in [0, 0.1) is 0 Å². The number of nitrogens with two attached hydrogens (primary N) is 1. The van der Waals surface area contributed by atoms with E-state index < -0.39 is 5.60 Å². The van der Waals surface area contributed by atoms with Crippen LogP contribution in [0.3, 0.4) is 0 Å². The van der Waals surface area contributed by atoms with Crippen LogP contribution in [0.15, 0.2) is 34.4 Å². The molecule has 1 amide bonds. The fourth-order valence-corrected chi connectivity index (χ4v) is 2.84. The summed E-state index contributed by atoms with van der Waals surface area (Å²) >= 11 is 12.0. The number of ether oxygens (including phenoxy) is 1. The van der Waals surface area contributed by atoms with Crippen molar-refractivity contribution in [1.82, 2.24) is 9.80 Å². The van der Waals surface area contributed by atoms with Crippen LogP contribution in [0.2, 0.25) is 5.02 Å². The number of hydrogen-bond donors (Lipinski definition) is 1. The van der Waals surface area contributed by atoms with Gasteiger partial charge in [0.05, 0.1) is 10.7 Å². The number of allylic oxidation sites excluding steroid dienone is 1. The second-order valence-corrected chi connectivity index (χ2v) is 8.20. The van der Waals surface area contributed by atoms with Gasteiger partial charge in [-0.05, 0) is 38.5 Å². The van der Waals surface area contributed by atoms with Crippen molar-refractivity contribution in [1.29, 1.82) is 0 Å². The average molecular weight is 413 g/mol. The Morgan fingerprint density at radius 1 is 1.30 bits per heavy atom. The molecule has 1 aliphatic rings. The Labute approximate surface area is 170 Å². The van der Waals surface area contributed by atoms with Crippen molar-refractivity contribution in [2.75, 3.05) is 26.2 Å². The van der Waals surface area contributed by atoms with Crippen molar-refractivity contribution in [3.63, 3.8) is 0 Å². The summed E-state index contributed by atoms with van der Waals surface area (Å²) in [6, 6.07) is 5.59. The minimum Gasteiger partial charge on any atom is -0.444 e. The van der Waals surface area contributed by atoms with E-state index in [1.807, 2.05) is 32.9 Å². The van der Waals surface area contributed by atoms with Crippen LogP contribution in [-0.4, -0.2) is 53.9 Å². The Hall–Kier alpha value is -1.76. The van der Waals surface area contributed by atoms with Crippen molar-refractivity contribution in [3.8, 4) is 0 Å². The quantitative estimate of drug-likeness (QED) is 0.754. The largest absolute Gasteiger partial charge is 0.444 e. The molecular formula is C19H26Cl2N4O2. The molecule has 1 aromatic carbocycles. The molecule has 0 atom stereocenters. The number of carbonyl (C=O) groups is 1. The Morgan fingerprint density at radius 3 is 2.56 bits per heavy atom. The highest BCUT2D eigenvalue weighted by Gasteiger charge is 2.26. The van der Waals surface area contributed by atoms with Crippen LogP contribution in [0.5, 0.6) is 0 Å². The van der Waals surface area contributed by atoms with Crippen molar-refractivity contribution in [2.45, 2.75) is 32.9 Å². The minimum atomic E-state index is -0.482. The summed E-state index contributed by atoms with van der Waals surface area (Å²) in [6.45, 7) is 9.09. The summed E-state index contributed by atoms with van der Waals surface area (Å²) in [5.41, 5.74) is 6.66. The molecule has 148 valence electrons. The number of nitrogens with zero attached hydrogens (tertiary/aromatic N) is 3. The molecule has 27 heavy (non-hydrogen) atoms. The van der Waals surface area contributed by atoms with Gasteiger partial charge in [-0.3, -0.25) is 9.89 Å². The monoisotopic (exact) mass is 412 g/mol. The SMILES string of the molecule is CC(C)(C)OC(=O)N1CCN(Cc2ccc(Cl)cc2N=CC(Cl)=CN)CC1. The summed E-state index contributed by atoms with van der Waals surface area (Å²) in [6.07, 6.45) is 2.52. The molecule has 0 spiro atoms. The maximum Gasteiger partial charge on any atom is 0.410 e. The maximum atomic E-state index is 12.2. The Bertz CT molecular complexity index is 721. The Morgan fingerprint density at radius 2 is 1.96 bits per heavy atom. The summed E-state index contributed by atoms with van der Waals surface area (Å²) in [4.78, 5) is 20.6. The number of hydrogen-bond acceptors (Lipinski definition) is 5. The third-order valence-electron chi connectivity index (χ3n) is 3.95. The van der Waals surface area contributed by atoms with E-state index in [1.54, 1.807) is 11.0 Å².